The molecular weight excluding hydrogens is 336 g/mol. The van der Waals surface area contributed by atoms with Crippen LogP contribution in [0.2, 0.25) is 0 Å². The van der Waals surface area contributed by atoms with Gasteiger partial charge in [-0.1, -0.05) is 31.1 Å². The first-order valence-electron chi connectivity index (χ1n) is 8.41. The fraction of sp³-hybridized carbons (Fsp3) is 0.421. The van der Waals surface area contributed by atoms with Crippen molar-refractivity contribution in [3.05, 3.63) is 46.8 Å². The number of aryl methyl sites for hydroxylation is 1. The van der Waals surface area contributed by atoms with Gasteiger partial charge in [0.05, 0.1) is 12.8 Å². The Balaban J connectivity index is 1.94. The van der Waals surface area contributed by atoms with Gasteiger partial charge in [-0.25, -0.2) is 4.79 Å². The first kappa shape index (κ1) is 19.5. The zero-order chi connectivity index (χ0) is 19.3. The van der Waals surface area contributed by atoms with Crippen LogP contribution in [0.1, 0.15) is 54.1 Å². The molecule has 140 valence electrons. The molecule has 26 heavy (non-hydrogen) atoms. The van der Waals surface area contributed by atoms with Crippen molar-refractivity contribution in [1.29, 1.82) is 0 Å². The van der Waals surface area contributed by atoms with Crippen molar-refractivity contribution < 1.29 is 23.6 Å². The van der Waals surface area contributed by atoms with Gasteiger partial charge in [-0.2, -0.15) is 0 Å². The standard InChI is InChI=1S/C19H24N2O5/c1-11(2)17-16(12(3)21-26-17)19(23)25-13(4)18(22)20-10-14-6-8-15(24-5)9-7-14/h6-9,11,13H,10H2,1-5H3,(H,20,22)/t13-/m0/s1. The van der Waals surface area contributed by atoms with Gasteiger partial charge in [-0.15, -0.1) is 0 Å². The van der Waals surface area contributed by atoms with Crippen molar-refractivity contribution in [1.82, 2.24) is 10.5 Å². The molecule has 1 N–H and O–H groups in total. The van der Waals surface area contributed by atoms with Crippen LogP contribution in [-0.4, -0.2) is 30.2 Å². The number of esters is 1. The van der Waals surface area contributed by atoms with Gasteiger partial charge in [0.2, 0.25) is 0 Å². The third kappa shape index (κ3) is 4.62. The van der Waals surface area contributed by atoms with Gasteiger partial charge in [0.1, 0.15) is 11.3 Å². The predicted molar refractivity (Wildman–Crippen MR) is 95.0 cm³/mol. The molecule has 0 aliphatic rings. The first-order chi connectivity index (χ1) is 12.3. The number of carbonyl (C=O) groups excluding carboxylic acids is 2. The molecule has 0 saturated heterocycles. The van der Waals surface area contributed by atoms with E-state index in [1.807, 2.05) is 38.1 Å². The molecule has 1 aromatic heterocycles. The number of methoxy groups -OCH3 is 1. The molecule has 0 unspecified atom stereocenters. The zero-order valence-electron chi connectivity index (χ0n) is 15.7. The van der Waals surface area contributed by atoms with E-state index in [1.54, 1.807) is 14.0 Å². The van der Waals surface area contributed by atoms with E-state index < -0.39 is 12.1 Å². The second kappa shape index (κ2) is 8.51. The summed E-state index contributed by atoms with van der Waals surface area (Å²) in [6.45, 7) is 7.30. The molecule has 0 aliphatic heterocycles. The van der Waals surface area contributed by atoms with E-state index in [0.717, 1.165) is 11.3 Å². The summed E-state index contributed by atoms with van der Waals surface area (Å²) >= 11 is 0. The van der Waals surface area contributed by atoms with E-state index >= 15 is 0 Å². The van der Waals surface area contributed by atoms with E-state index in [4.69, 9.17) is 14.0 Å². The highest BCUT2D eigenvalue weighted by Crippen LogP contribution is 2.23. The van der Waals surface area contributed by atoms with E-state index in [-0.39, 0.29) is 17.4 Å². The average molecular weight is 360 g/mol. The highest BCUT2D eigenvalue weighted by atomic mass is 16.5. The number of amides is 1. The quantitative estimate of drug-likeness (QED) is 0.764. The van der Waals surface area contributed by atoms with Crippen molar-refractivity contribution in [2.75, 3.05) is 7.11 Å². The Morgan fingerprint density at radius 2 is 1.85 bits per heavy atom. The van der Waals surface area contributed by atoms with Crippen molar-refractivity contribution in [3.63, 3.8) is 0 Å². The van der Waals surface area contributed by atoms with Crippen molar-refractivity contribution >= 4 is 11.9 Å². The number of nitrogens with zero attached hydrogens (tertiary/aromatic N) is 1. The Hall–Kier alpha value is -2.83. The van der Waals surface area contributed by atoms with Crippen LogP contribution in [0.4, 0.5) is 0 Å². The maximum Gasteiger partial charge on any atom is 0.344 e. The van der Waals surface area contributed by atoms with Crippen LogP contribution in [-0.2, 0) is 16.1 Å². The Morgan fingerprint density at radius 1 is 1.19 bits per heavy atom. The summed E-state index contributed by atoms with van der Waals surface area (Å²) < 4.78 is 15.6. The average Bonchev–Trinajstić information content (AvgIpc) is 3.01. The number of ether oxygens (including phenoxy) is 2. The molecule has 1 aromatic carbocycles. The molecule has 0 bridgehead atoms. The molecule has 0 radical (unpaired) electrons. The summed E-state index contributed by atoms with van der Waals surface area (Å²) in [5, 5.41) is 6.56. The Morgan fingerprint density at radius 3 is 2.42 bits per heavy atom. The van der Waals surface area contributed by atoms with Gasteiger partial charge >= 0.3 is 5.97 Å². The molecule has 2 rings (SSSR count). The molecule has 1 heterocycles. The molecule has 1 atom stereocenters. The van der Waals surface area contributed by atoms with Crippen molar-refractivity contribution in [2.24, 2.45) is 0 Å². The van der Waals surface area contributed by atoms with E-state index in [2.05, 4.69) is 10.5 Å². The maximum absolute atomic E-state index is 12.4. The Bertz CT molecular complexity index is 765. The van der Waals surface area contributed by atoms with Gasteiger partial charge < -0.3 is 19.3 Å². The lowest BCUT2D eigenvalue weighted by Gasteiger charge is -2.14. The minimum atomic E-state index is -0.935. The number of rotatable bonds is 7. The second-order valence-corrected chi connectivity index (χ2v) is 6.28. The number of hydrogen-bond donors (Lipinski definition) is 1. The molecule has 0 fully saturated rings. The van der Waals surface area contributed by atoms with Crippen LogP contribution in [0.3, 0.4) is 0 Å². The summed E-state index contributed by atoms with van der Waals surface area (Å²) in [4.78, 5) is 24.6. The van der Waals surface area contributed by atoms with Crippen molar-refractivity contribution in [2.45, 2.75) is 46.3 Å². The second-order valence-electron chi connectivity index (χ2n) is 6.28. The molecule has 1 amide bonds. The lowest BCUT2D eigenvalue weighted by molar-refractivity contribution is -0.129. The predicted octanol–water partition coefficient (Wildman–Crippen LogP) is 2.98. The first-order valence-corrected chi connectivity index (χ1v) is 8.41. The zero-order valence-corrected chi connectivity index (χ0v) is 15.7. The Labute approximate surface area is 152 Å². The number of nitrogens with one attached hydrogen (secondary N) is 1. The van der Waals surface area contributed by atoms with Gasteiger partial charge in [0.15, 0.2) is 11.9 Å². The monoisotopic (exact) mass is 360 g/mol. The van der Waals surface area contributed by atoms with Gasteiger partial charge in [-0.3, -0.25) is 4.79 Å². The Kier molecular flexibility index (Phi) is 6.38. The van der Waals surface area contributed by atoms with Gasteiger partial charge in [0.25, 0.3) is 5.91 Å². The smallest absolute Gasteiger partial charge is 0.344 e. The number of benzene rings is 1. The molecule has 0 saturated carbocycles. The van der Waals surface area contributed by atoms with Crippen LogP contribution in [0, 0.1) is 6.92 Å². The number of aromatic nitrogens is 1. The van der Waals surface area contributed by atoms with Gasteiger partial charge in [-0.05, 0) is 31.5 Å². The maximum atomic E-state index is 12.4. The summed E-state index contributed by atoms with van der Waals surface area (Å²) in [5.41, 5.74) is 1.65. The lowest BCUT2D eigenvalue weighted by Crippen LogP contribution is -2.35. The third-order valence-electron chi connectivity index (χ3n) is 3.90. The highest BCUT2D eigenvalue weighted by molar-refractivity contribution is 5.94. The van der Waals surface area contributed by atoms with Crippen LogP contribution in [0.5, 0.6) is 5.75 Å². The molecular formula is C19H24N2O5. The molecule has 2 aromatic rings. The summed E-state index contributed by atoms with van der Waals surface area (Å²) in [6.07, 6.45) is -0.935. The highest BCUT2D eigenvalue weighted by Gasteiger charge is 2.27. The van der Waals surface area contributed by atoms with Gasteiger partial charge in [0, 0.05) is 12.5 Å². The summed E-state index contributed by atoms with van der Waals surface area (Å²) in [6, 6.07) is 7.33. The fourth-order valence-corrected chi connectivity index (χ4v) is 2.38. The largest absolute Gasteiger partial charge is 0.497 e. The van der Waals surface area contributed by atoms with Crippen LogP contribution < -0.4 is 10.1 Å². The van der Waals surface area contributed by atoms with Crippen LogP contribution in [0.25, 0.3) is 0 Å². The number of carbonyl (C=O) groups is 2. The molecule has 7 heteroatoms. The summed E-state index contributed by atoms with van der Waals surface area (Å²) in [7, 11) is 1.59. The van der Waals surface area contributed by atoms with E-state index in [9.17, 15) is 9.59 Å². The van der Waals surface area contributed by atoms with E-state index in [0.29, 0.717) is 18.0 Å². The number of hydrogen-bond acceptors (Lipinski definition) is 6. The lowest BCUT2D eigenvalue weighted by atomic mass is 10.1. The van der Waals surface area contributed by atoms with Crippen LogP contribution >= 0.6 is 0 Å². The minimum Gasteiger partial charge on any atom is -0.497 e. The van der Waals surface area contributed by atoms with Crippen molar-refractivity contribution in [3.8, 4) is 5.75 Å². The molecule has 0 aliphatic carbocycles. The molecule has 7 nitrogen and oxygen atoms in total. The normalized spacial score (nSPS) is 11.9. The fourth-order valence-electron chi connectivity index (χ4n) is 2.38. The molecule has 0 spiro atoms. The third-order valence-corrected chi connectivity index (χ3v) is 3.90. The summed E-state index contributed by atoms with van der Waals surface area (Å²) in [5.74, 6) is 0.192. The van der Waals surface area contributed by atoms with E-state index in [1.165, 1.54) is 6.92 Å². The van der Waals surface area contributed by atoms with Crippen LogP contribution in [0.15, 0.2) is 28.8 Å². The topological polar surface area (TPSA) is 90.7 Å². The minimum absolute atomic E-state index is 0.0158. The SMILES string of the molecule is COc1ccc(CNC(=O)[C@H](C)OC(=O)c2c(C)noc2C(C)C)cc1.